The topological polar surface area (TPSA) is 52.7 Å². The normalized spacial score (nSPS) is 9.54. The summed E-state index contributed by atoms with van der Waals surface area (Å²) in [6.45, 7) is 0.394. The SMILES string of the molecule is CNCC(=O)N(C)CC(=O)N(C)C. The first-order chi connectivity index (χ1) is 5.99. The van der Waals surface area contributed by atoms with E-state index in [9.17, 15) is 9.59 Å². The zero-order chi connectivity index (χ0) is 10.4. The highest BCUT2D eigenvalue weighted by Crippen LogP contribution is 1.87. The Labute approximate surface area is 78.7 Å². The van der Waals surface area contributed by atoms with Gasteiger partial charge in [-0.1, -0.05) is 0 Å². The quantitative estimate of drug-likeness (QED) is 0.598. The van der Waals surface area contributed by atoms with Gasteiger partial charge in [0.05, 0.1) is 13.1 Å². The lowest BCUT2D eigenvalue weighted by atomic mass is 10.4. The summed E-state index contributed by atoms with van der Waals surface area (Å²) >= 11 is 0. The minimum Gasteiger partial charge on any atom is -0.347 e. The van der Waals surface area contributed by atoms with E-state index in [0.29, 0.717) is 0 Å². The Morgan fingerprint density at radius 3 is 2.08 bits per heavy atom. The Hall–Kier alpha value is -1.10. The molecule has 0 saturated carbocycles. The Balaban J connectivity index is 3.92. The zero-order valence-electron chi connectivity index (χ0n) is 8.63. The van der Waals surface area contributed by atoms with E-state index in [1.54, 1.807) is 28.2 Å². The molecule has 0 aromatic heterocycles. The van der Waals surface area contributed by atoms with Gasteiger partial charge in [0.15, 0.2) is 0 Å². The van der Waals surface area contributed by atoms with E-state index in [-0.39, 0.29) is 24.9 Å². The van der Waals surface area contributed by atoms with E-state index in [0.717, 1.165) is 0 Å². The van der Waals surface area contributed by atoms with Crippen molar-refractivity contribution in [2.45, 2.75) is 0 Å². The van der Waals surface area contributed by atoms with Gasteiger partial charge in [-0.2, -0.15) is 0 Å². The van der Waals surface area contributed by atoms with Crippen LogP contribution in [0.1, 0.15) is 0 Å². The molecule has 0 radical (unpaired) electrons. The summed E-state index contributed by atoms with van der Waals surface area (Å²) in [7, 11) is 6.64. The molecule has 5 heteroatoms. The highest BCUT2D eigenvalue weighted by molar-refractivity contribution is 5.85. The Morgan fingerprint density at radius 1 is 1.15 bits per heavy atom. The third-order valence-electron chi connectivity index (χ3n) is 1.62. The lowest BCUT2D eigenvalue weighted by Crippen LogP contribution is -2.41. The molecule has 0 aromatic rings. The minimum atomic E-state index is -0.0855. The van der Waals surface area contributed by atoms with Crippen molar-refractivity contribution in [3.8, 4) is 0 Å². The van der Waals surface area contributed by atoms with E-state index >= 15 is 0 Å². The number of carbonyl (C=O) groups excluding carboxylic acids is 2. The van der Waals surface area contributed by atoms with Crippen molar-refractivity contribution in [2.24, 2.45) is 0 Å². The predicted octanol–water partition coefficient (Wildman–Crippen LogP) is -1.25. The molecule has 76 valence electrons. The summed E-state index contributed by atoms with van der Waals surface area (Å²) in [6, 6.07) is 0. The highest BCUT2D eigenvalue weighted by Gasteiger charge is 2.12. The summed E-state index contributed by atoms with van der Waals surface area (Å²) in [5.74, 6) is -0.162. The fourth-order valence-corrected chi connectivity index (χ4v) is 0.719. The molecule has 0 aliphatic rings. The van der Waals surface area contributed by atoms with Crippen molar-refractivity contribution in [3.63, 3.8) is 0 Å². The standard InChI is InChI=1S/C8H17N3O2/c1-9-5-7(12)11(4)6-8(13)10(2)3/h9H,5-6H2,1-4H3. The van der Waals surface area contributed by atoms with Gasteiger partial charge >= 0.3 is 0 Å². The molecule has 1 N–H and O–H groups in total. The molecular weight excluding hydrogens is 170 g/mol. The third kappa shape index (κ3) is 4.47. The molecule has 5 nitrogen and oxygen atoms in total. The molecule has 2 amide bonds. The number of rotatable bonds is 4. The lowest BCUT2D eigenvalue weighted by molar-refractivity contribution is -0.137. The Bertz CT molecular complexity index is 192. The minimum absolute atomic E-state index is 0.0769. The van der Waals surface area contributed by atoms with E-state index < -0.39 is 0 Å². The summed E-state index contributed by atoms with van der Waals surface area (Å²) < 4.78 is 0. The third-order valence-corrected chi connectivity index (χ3v) is 1.62. The van der Waals surface area contributed by atoms with Crippen LogP contribution in [0, 0.1) is 0 Å². The van der Waals surface area contributed by atoms with Gasteiger partial charge in [0.25, 0.3) is 0 Å². The van der Waals surface area contributed by atoms with Crippen LogP contribution in [0.5, 0.6) is 0 Å². The van der Waals surface area contributed by atoms with Crippen LogP contribution in [0.25, 0.3) is 0 Å². The highest BCUT2D eigenvalue weighted by atomic mass is 16.2. The molecule has 0 saturated heterocycles. The van der Waals surface area contributed by atoms with Gasteiger partial charge in [0, 0.05) is 21.1 Å². The van der Waals surface area contributed by atoms with Gasteiger partial charge in [-0.3, -0.25) is 9.59 Å². The van der Waals surface area contributed by atoms with E-state index in [2.05, 4.69) is 5.32 Å². The zero-order valence-corrected chi connectivity index (χ0v) is 8.63. The number of nitrogens with one attached hydrogen (secondary N) is 1. The second kappa shape index (κ2) is 5.53. The van der Waals surface area contributed by atoms with Crippen molar-refractivity contribution in [2.75, 3.05) is 41.3 Å². The second-order valence-electron chi connectivity index (χ2n) is 3.07. The molecule has 0 aliphatic heterocycles. The Kier molecular flexibility index (Phi) is 5.06. The smallest absolute Gasteiger partial charge is 0.241 e. The molecule has 0 atom stereocenters. The molecule has 0 heterocycles. The van der Waals surface area contributed by atoms with Crippen LogP contribution in [0.15, 0.2) is 0 Å². The van der Waals surface area contributed by atoms with Gasteiger partial charge in [0.2, 0.25) is 11.8 Å². The van der Waals surface area contributed by atoms with Crippen LogP contribution in [0.4, 0.5) is 0 Å². The second-order valence-corrected chi connectivity index (χ2v) is 3.07. The summed E-state index contributed by atoms with van der Waals surface area (Å²) in [5.41, 5.74) is 0. The van der Waals surface area contributed by atoms with Crippen LogP contribution < -0.4 is 5.32 Å². The lowest BCUT2D eigenvalue weighted by Gasteiger charge is -2.18. The number of amides is 2. The van der Waals surface area contributed by atoms with Crippen molar-refractivity contribution >= 4 is 11.8 Å². The number of carbonyl (C=O) groups is 2. The molecule has 0 fully saturated rings. The van der Waals surface area contributed by atoms with Gasteiger partial charge in [-0.05, 0) is 7.05 Å². The van der Waals surface area contributed by atoms with Crippen molar-refractivity contribution in [1.82, 2.24) is 15.1 Å². The maximum atomic E-state index is 11.2. The fraction of sp³-hybridized carbons (Fsp3) is 0.750. The van der Waals surface area contributed by atoms with Crippen molar-refractivity contribution in [1.29, 1.82) is 0 Å². The molecular formula is C8H17N3O2. The van der Waals surface area contributed by atoms with Crippen LogP contribution >= 0.6 is 0 Å². The number of hydrogen-bond donors (Lipinski definition) is 1. The molecule has 0 aromatic carbocycles. The predicted molar refractivity (Wildman–Crippen MR) is 50.3 cm³/mol. The van der Waals surface area contributed by atoms with Crippen molar-refractivity contribution < 1.29 is 9.59 Å². The first-order valence-corrected chi connectivity index (χ1v) is 4.07. The van der Waals surface area contributed by atoms with Crippen LogP contribution in [0.3, 0.4) is 0 Å². The van der Waals surface area contributed by atoms with Crippen LogP contribution in [-0.2, 0) is 9.59 Å². The first-order valence-electron chi connectivity index (χ1n) is 4.07. The number of likely N-dealkylation sites (N-methyl/N-ethyl adjacent to an activating group) is 3. The van der Waals surface area contributed by atoms with Crippen LogP contribution in [-0.4, -0.2) is 62.9 Å². The van der Waals surface area contributed by atoms with E-state index in [4.69, 9.17) is 0 Å². The Morgan fingerprint density at radius 2 is 1.69 bits per heavy atom. The molecule has 0 bridgehead atoms. The summed E-state index contributed by atoms with van der Waals surface area (Å²) in [5, 5.41) is 2.73. The van der Waals surface area contributed by atoms with Gasteiger partial charge in [-0.15, -0.1) is 0 Å². The average Bonchev–Trinajstić information content (AvgIpc) is 2.04. The van der Waals surface area contributed by atoms with Gasteiger partial charge in [-0.25, -0.2) is 0 Å². The maximum absolute atomic E-state index is 11.2. The van der Waals surface area contributed by atoms with E-state index in [1.165, 1.54) is 9.80 Å². The maximum Gasteiger partial charge on any atom is 0.241 e. The first kappa shape index (κ1) is 11.9. The largest absolute Gasteiger partial charge is 0.347 e. The molecule has 13 heavy (non-hydrogen) atoms. The molecule has 0 rings (SSSR count). The molecule has 0 unspecified atom stereocenters. The summed E-state index contributed by atoms with van der Waals surface area (Å²) in [4.78, 5) is 25.2. The molecule has 0 spiro atoms. The molecule has 0 aliphatic carbocycles. The van der Waals surface area contributed by atoms with Crippen molar-refractivity contribution in [3.05, 3.63) is 0 Å². The van der Waals surface area contributed by atoms with Crippen LogP contribution in [0.2, 0.25) is 0 Å². The van der Waals surface area contributed by atoms with E-state index in [1.807, 2.05) is 0 Å². The summed E-state index contributed by atoms with van der Waals surface area (Å²) in [6.07, 6.45) is 0. The number of hydrogen-bond acceptors (Lipinski definition) is 3. The van der Waals surface area contributed by atoms with Gasteiger partial charge < -0.3 is 15.1 Å². The fourth-order valence-electron chi connectivity index (χ4n) is 0.719. The number of nitrogens with zero attached hydrogens (tertiary/aromatic N) is 2. The average molecular weight is 187 g/mol. The monoisotopic (exact) mass is 187 g/mol. The van der Waals surface area contributed by atoms with Gasteiger partial charge in [0.1, 0.15) is 0 Å².